The SMILES string of the molecule is C/C=C\C#Cc1ccccc1. The molecule has 0 radical (unpaired) electrons. The summed E-state index contributed by atoms with van der Waals surface area (Å²) in [5.74, 6) is 5.93. The lowest BCUT2D eigenvalue weighted by Gasteiger charge is -1.83. The van der Waals surface area contributed by atoms with E-state index in [1.165, 1.54) is 0 Å². The lowest BCUT2D eigenvalue weighted by molar-refractivity contribution is 1.65. The Kier molecular flexibility index (Phi) is 3.02. The van der Waals surface area contributed by atoms with Crippen LogP contribution in [0.3, 0.4) is 0 Å². The van der Waals surface area contributed by atoms with Gasteiger partial charge in [0.05, 0.1) is 0 Å². The summed E-state index contributed by atoms with van der Waals surface area (Å²) in [5, 5.41) is 0. The van der Waals surface area contributed by atoms with E-state index in [4.69, 9.17) is 0 Å². The molecule has 0 heterocycles. The van der Waals surface area contributed by atoms with Gasteiger partial charge in [0, 0.05) is 5.56 Å². The molecule has 0 amide bonds. The van der Waals surface area contributed by atoms with E-state index >= 15 is 0 Å². The molecule has 54 valence electrons. The van der Waals surface area contributed by atoms with Crippen molar-refractivity contribution in [2.24, 2.45) is 0 Å². The van der Waals surface area contributed by atoms with Crippen LogP contribution in [0, 0.1) is 11.8 Å². The molecule has 1 aromatic rings. The first-order chi connectivity index (χ1) is 5.43. The number of allylic oxidation sites excluding steroid dienone is 2. The van der Waals surface area contributed by atoms with Crippen molar-refractivity contribution in [3.05, 3.63) is 48.0 Å². The molecule has 0 spiro atoms. The van der Waals surface area contributed by atoms with Crippen LogP contribution in [0.5, 0.6) is 0 Å². The Morgan fingerprint density at radius 1 is 1.18 bits per heavy atom. The van der Waals surface area contributed by atoms with Crippen molar-refractivity contribution < 1.29 is 0 Å². The van der Waals surface area contributed by atoms with Gasteiger partial charge in [0.2, 0.25) is 0 Å². The Morgan fingerprint density at radius 2 is 1.91 bits per heavy atom. The highest BCUT2D eigenvalue weighted by atomic mass is 13.8. The number of benzene rings is 1. The first-order valence-electron chi connectivity index (χ1n) is 3.61. The van der Waals surface area contributed by atoms with Gasteiger partial charge < -0.3 is 0 Å². The van der Waals surface area contributed by atoms with Crippen LogP contribution >= 0.6 is 0 Å². The zero-order chi connectivity index (χ0) is 7.94. The predicted molar refractivity (Wildman–Crippen MR) is 48.1 cm³/mol. The first kappa shape index (κ1) is 7.63. The van der Waals surface area contributed by atoms with Crippen molar-refractivity contribution >= 4 is 0 Å². The van der Waals surface area contributed by atoms with Gasteiger partial charge in [0.15, 0.2) is 0 Å². The molecule has 0 heteroatoms. The summed E-state index contributed by atoms with van der Waals surface area (Å²) in [7, 11) is 0. The number of hydrogen-bond donors (Lipinski definition) is 0. The van der Waals surface area contributed by atoms with E-state index in [-0.39, 0.29) is 0 Å². The van der Waals surface area contributed by atoms with Gasteiger partial charge in [-0.2, -0.15) is 0 Å². The Morgan fingerprint density at radius 3 is 2.55 bits per heavy atom. The molecule has 0 unspecified atom stereocenters. The highest BCUT2D eigenvalue weighted by Crippen LogP contribution is 1.94. The van der Waals surface area contributed by atoms with Crippen LogP contribution in [0.4, 0.5) is 0 Å². The van der Waals surface area contributed by atoms with Gasteiger partial charge in [-0.05, 0) is 25.1 Å². The second-order valence-electron chi connectivity index (χ2n) is 2.14. The fourth-order valence-electron chi connectivity index (χ4n) is 0.730. The summed E-state index contributed by atoms with van der Waals surface area (Å²) in [5.41, 5.74) is 1.06. The Labute approximate surface area is 67.6 Å². The van der Waals surface area contributed by atoms with E-state index < -0.39 is 0 Å². The summed E-state index contributed by atoms with van der Waals surface area (Å²) < 4.78 is 0. The Bertz CT molecular complexity index is 283. The molecule has 0 aromatic heterocycles. The molecule has 0 aliphatic carbocycles. The lowest BCUT2D eigenvalue weighted by atomic mass is 10.2. The third-order valence-electron chi connectivity index (χ3n) is 1.24. The summed E-state index contributed by atoms with van der Waals surface area (Å²) in [6, 6.07) is 9.95. The molecule has 1 aromatic carbocycles. The molecule has 0 saturated carbocycles. The van der Waals surface area contributed by atoms with Crippen LogP contribution in [0.2, 0.25) is 0 Å². The summed E-state index contributed by atoms with van der Waals surface area (Å²) in [6.45, 7) is 1.96. The van der Waals surface area contributed by atoms with E-state index in [9.17, 15) is 0 Å². The lowest BCUT2D eigenvalue weighted by Crippen LogP contribution is -1.68. The van der Waals surface area contributed by atoms with Gasteiger partial charge in [-0.3, -0.25) is 0 Å². The highest BCUT2D eigenvalue weighted by Gasteiger charge is 1.78. The van der Waals surface area contributed by atoms with Gasteiger partial charge in [-0.15, -0.1) is 0 Å². The number of hydrogen-bond acceptors (Lipinski definition) is 0. The van der Waals surface area contributed by atoms with Crippen molar-refractivity contribution in [2.75, 3.05) is 0 Å². The summed E-state index contributed by atoms with van der Waals surface area (Å²) in [6.07, 6.45) is 3.77. The molecular weight excluding hydrogens is 132 g/mol. The highest BCUT2D eigenvalue weighted by molar-refractivity contribution is 5.36. The van der Waals surface area contributed by atoms with Crippen LogP contribution in [-0.2, 0) is 0 Å². The molecule has 0 saturated heterocycles. The molecule has 0 aliphatic heterocycles. The second-order valence-corrected chi connectivity index (χ2v) is 2.14. The van der Waals surface area contributed by atoms with Gasteiger partial charge >= 0.3 is 0 Å². The van der Waals surface area contributed by atoms with Crippen molar-refractivity contribution in [3.8, 4) is 11.8 Å². The van der Waals surface area contributed by atoms with Crippen molar-refractivity contribution in [2.45, 2.75) is 6.92 Å². The van der Waals surface area contributed by atoms with Crippen molar-refractivity contribution in [1.82, 2.24) is 0 Å². The van der Waals surface area contributed by atoms with Crippen molar-refractivity contribution in [1.29, 1.82) is 0 Å². The summed E-state index contributed by atoms with van der Waals surface area (Å²) >= 11 is 0. The standard InChI is InChI=1S/C11H10/c1-2-3-5-8-11-9-6-4-7-10-11/h2-4,6-7,9-10H,1H3/b3-2-. The van der Waals surface area contributed by atoms with E-state index in [1.54, 1.807) is 0 Å². The molecule has 11 heavy (non-hydrogen) atoms. The van der Waals surface area contributed by atoms with Gasteiger partial charge in [0.25, 0.3) is 0 Å². The monoisotopic (exact) mass is 142 g/mol. The minimum Gasteiger partial charge on any atom is -0.0793 e. The fourth-order valence-corrected chi connectivity index (χ4v) is 0.730. The second kappa shape index (κ2) is 4.35. The molecule has 0 N–H and O–H groups in total. The number of rotatable bonds is 0. The minimum absolute atomic E-state index is 1.06. The van der Waals surface area contributed by atoms with Crippen LogP contribution < -0.4 is 0 Å². The van der Waals surface area contributed by atoms with Crippen LogP contribution in [-0.4, -0.2) is 0 Å². The zero-order valence-corrected chi connectivity index (χ0v) is 6.54. The van der Waals surface area contributed by atoms with E-state index in [0.717, 1.165) is 5.56 Å². The molecule has 0 bridgehead atoms. The first-order valence-corrected chi connectivity index (χ1v) is 3.61. The van der Waals surface area contributed by atoms with E-state index in [2.05, 4.69) is 11.8 Å². The average Bonchev–Trinajstić information content (AvgIpc) is 2.07. The Hall–Kier alpha value is -1.48. The maximum Gasteiger partial charge on any atom is 0.0248 e. The van der Waals surface area contributed by atoms with Gasteiger partial charge in [0.1, 0.15) is 0 Å². The Balaban J connectivity index is 2.74. The molecule has 0 atom stereocenters. The van der Waals surface area contributed by atoms with Crippen LogP contribution in [0.15, 0.2) is 42.5 Å². The predicted octanol–water partition coefficient (Wildman–Crippen LogP) is 2.61. The molecule has 0 aliphatic rings. The molecule has 0 fully saturated rings. The third-order valence-corrected chi connectivity index (χ3v) is 1.24. The smallest absolute Gasteiger partial charge is 0.0248 e. The minimum atomic E-state index is 1.06. The van der Waals surface area contributed by atoms with Crippen LogP contribution in [0.1, 0.15) is 12.5 Å². The van der Waals surface area contributed by atoms with Gasteiger partial charge in [-0.1, -0.05) is 36.1 Å². The third kappa shape index (κ3) is 2.73. The topological polar surface area (TPSA) is 0 Å². The average molecular weight is 142 g/mol. The quantitative estimate of drug-likeness (QED) is 0.488. The normalized spacial score (nSPS) is 9.18. The van der Waals surface area contributed by atoms with Crippen molar-refractivity contribution in [3.63, 3.8) is 0 Å². The van der Waals surface area contributed by atoms with E-state index in [0.29, 0.717) is 0 Å². The summed E-state index contributed by atoms with van der Waals surface area (Å²) in [4.78, 5) is 0. The van der Waals surface area contributed by atoms with Crippen LogP contribution in [0.25, 0.3) is 0 Å². The van der Waals surface area contributed by atoms with Gasteiger partial charge in [-0.25, -0.2) is 0 Å². The fraction of sp³-hybridized carbons (Fsp3) is 0.0909. The zero-order valence-electron chi connectivity index (χ0n) is 6.54. The molecule has 0 nitrogen and oxygen atoms in total. The molecule has 1 rings (SSSR count). The largest absolute Gasteiger partial charge is 0.0793 e. The maximum absolute atomic E-state index is 3.01. The molecular formula is C11H10. The van der Waals surface area contributed by atoms with E-state index in [1.807, 2.05) is 49.4 Å². The maximum atomic E-state index is 3.01.